The summed E-state index contributed by atoms with van der Waals surface area (Å²) in [7, 11) is 1.55. The third-order valence-electron chi connectivity index (χ3n) is 3.44. The molecule has 1 saturated heterocycles. The molecule has 1 fully saturated rings. The Bertz CT molecular complexity index is 528. The zero-order chi connectivity index (χ0) is 14.7. The molecule has 2 heterocycles. The quantitative estimate of drug-likeness (QED) is 0.881. The van der Waals surface area contributed by atoms with Crippen LogP contribution in [0.25, 0.3) is 0 Å². The second-order valence-corrected chi connectivity index (χ2v) is 4.84. The number of fused-ring (bicyclic) bond motifs is 1. The highest BCUT2D eigenvalue weighted by molar-refractivity contribution is 5.94. The van der Waals surface area contributed by atoms with Crippen LogP contribution in [0.5, 0.6) is 17.2 Å². The Labute approximate surface area is 122 Å². The van der Waals surface area contributed by atoms with Crippen LogP contribution in [0.3, 0.4) is 0 Å². The van der Waals surface area contributed by atoms with Crippen molar-refractivity contribution in [2.24, 2.45) is 0 Å². The van der Waals surface area contributed by atoms with Gasteiger partial charge in [0.05, 0.1) is 32.6 Å². The van der Waals surface area contributed by atoms with Gasteiger partial charge in [0, 0.05) is 25.2 Å². The minimum Gasteiger partial charge on any atom is -0.494 e. The summed E-state index contributed by atoms with van der Waals surface area (Å²) in [5, 5.41) is 2.86. The van der Waals surface area contributed by atoms with E-state index in [0.29, 0.717) is 42.7 Å². The highest BCUT2D eigenvalue weighted by atomic mass is 16.7. The fourth-order valence-corrected chi connectivity index (χ4v) is 2.34. The van der Waals surface area contributed by atoms with Crippen LogP contribution in [0.2, 0.25) is 0 Å². The second-order valence-electron chi connectivity index (χ2n) is 4.84. The van der Waals surface area contributed by atoms with Crippen molar-refractivity contribution in [2.75, 3.05) is 52.1 Å². The first-order valence-corrected chi connectivity index (χ1v) is 6.84. The molecule has 0 unspecified atom stereocenters. The van der Waals surface area contributed by atoms with Crippen molar-refractivity contribution in [1.82, 2.24) is 4.90 Å². The van der Waals surface area contributed by atoms with Gasteiger partial charge in [-0.25, -0.2) is 0 Å². The average molecular weight is 294 g/mol. The maximum absolute atomic E-state index is 12.1. The lowest BCUT2D eigenvalue weighted by atomic mass is 10.2. The summed E-state index contributed by atoms with van der Waals surface area (Å²) in [6.45, 7) is 3.39. The summed E-state index contributed by atoms with van der Waals surface area (Å²) in [5.74, 6) is 1.69. The molecule has 0 saturated carbocycles. The number of morpholine rings is 1. The lowest BCUT2D eigenvalue weighted by Gasteiger charge is -2.25. The number of ether oxygens (including phenoxy) is 4. The SMILES string of the molecule is COc1cc2c(cc1NC(=O)CN1CCOCC1)OCO2. The van der Waals surface area contributed by atoms with Crippen LogP contribution >= 0.6 is 0 Å². The van der Waals surface area contributed by atoms with Gasteiger partial charge in [-0.15, -0.1) is 0 Å². The predicted octanol–water partition coefficient (Wildman–Crippen LogP) is 0.695. The standard InChI is InChI=1S/C14H18N2O5/c1-18-11-7-13-12(20-9-21-13)6-10(11)15-14(17)8-16-2-4-19-5-3-16/h6-7H,2-5,8-9H2,1H3,(H,15,17). The smallest absolute Gasteiger partial charge is 0.238 e. The van der Waals surface area contributed by atoms with E-state index in [2.05, 4.69) is 10.2 Å². The molecule has 0 aromatic heterocycles. The molecule has 7 heteroatoms. The summed E-state index contributed by atoms with van der Waals surface area (Å²) in [6, 6.07) is 3.44. The van der Waals surface area contributed by atoms with Crippen LogP contribution in [0, 0.1) is 0 Å². The van der Waals surface area contributed by atoms with Crippen LogP contribution in [0.4, 0.5) is 5.69 Å². The largest absolute Gasteiger partial charge is 0.494 e. The molecule has 0 radical (unpaired) electrons. The Morgan fingerprint density at radius 1 is 1.29 bits per heavy atom. The number of nitrogens with one attached hydrogen (secondary N) is 1. The van der Waals surface area contributed by atoms with E-state index in [1.54, 1.807) is 19.2 Å². The van der Waals surface area contributed by atoms with E-state index in [9.17, 15) is 4.79 Å². The predicted molar refractivity (Wildman–Crippen MR) is 75.0 cm³/mol. The van der Waals surface area contributed by atoms with Gasteiger partial charge < -0.3 is 24.3 Å². The molecule has 7 nitrogen and oxygen atoms in total. The lowest BCUT2D eigenvalue weighted by molar-refractivity contribution is -0.118. The Balaban J connectivity index is 1.67. The number of carbonyl (C=O) groups is 1. The normalized spacial score (nSPS) is 17.6. The number of methoxy groups -OCH3 is 1. The molecule has 1 amide bonds. The maximum atomic E-state index is 12.1. The van der Waals surface area contributed by atoms with E-state index in [1.165, 1.54) is 0 Å². The molecule has 21 heavy (non-hydrogen) atoms. The van der Waals surface area contributed by atoms with Gasteiger partial charge in [-0.05, 0) is 0 Å². The number of anilines is 1. The molecule has 0 atom stereocenters. The molecule has 0 aliphatic carbocycles. The molecular weight excluding hydrogens is 276 g/mol. The molecule has 0 bridgehead atoms. The first kappa shape index (κ1) is 14.0. The number of hydrogen-bond donors (Lipinski definition) is 1. The third kappa shape index (κ3) is 3.20. The number of nitrogens with zero attached hydrogens (tertiary/aromatic N) is 1. The van der Waals surface area contributed by atoms with E-state index in [0.717, 1.165) is 13.1 Å². The zero-order valence-corrected chi connectivity index (χ0v) is 11.9. The van der Waals surface area contributed by atoms with Crippen molar-refractivity contribution < 1.29 is 23.7 Å². The van der Waals surface area contributed by atoms with E-state index in [-0.39, 0.29) is 12.7 Å². The Morgan fingerprint density at radius 3 is 2.71 bits per heavy atom. The van der Waals surface area contributed by atoms with Gasteiger partial charge in [0.2, 0.25) is 12.7 Å². The van der Waals surface area contributed by atoms with Gasteiger partial charge in [-0.3, -0.25) is 9.69 Å². The van der Waals surface area contributed by atoms with Crippen LogP contribution in [0.15, 0.2) is 12.1 Å². The molecule has 1 aromatic rings. The first-order valence-electron chi connectivity index (χ1n) is 6.84. The van der Waals surface area contributed by atoms with Crippen molar-refractivity contribution in [2.45, 2.75) is 0 Å². The van der Waals surface area contributed by atoms with Crippen LogP contribution < -0.4 is 19.5 Å². The van der Waals surface area contributed by atoms with E-state index >= 15 is 0 Å². The van der Waals surface area contributed by atoms with Gasteiger partial charge in [0.1, 0.15) is 5.75 Å². The maximum Gasteiger partial charge on any atom is 0.238 e. The van der Waals surface area contributed by atoms with Crippen molar-refractivity contribution in [3.63, 3.8) is 0 Å². The molecular formula is C14H18N2O5. The van der Waals surface area contributed by atoms with Gasteiger partial charge >= 0.3 is 0 Å². The number of benzene rings is 1. The number of carbonyl (C=O) groups excluding carboxylic acids is 1. The molecule has 0 spiro atoms. The highest BCUT2D eigenvalue weighted by Gasteiger charge is 2.20. The summed E-state index contributed by atoms with van der Waals surface area (Å²) in [6.07, 6.45) is 0. The van der Waals surface area contributed by atoms with E-state index in [4.69, 9.17) is 18.9 Å². The van der Waals surface area contributed by atoms with Gasteiger partial charge in [-0.1, -0.05) is 0 Å². The van der Waals surface area contributed by atoms with Crippen LogP contribution in [0.1, 0.15) is 0 Å². The average Bonchev–Trinajstić information content (AvgIpc) is 2.94. The summed E-state index contributed by atoms with van der Waals surface area (Å²) >= 11 is 0. The van der Waals surface area contributed by atoms with Crippen molar-refractivity contribution in [1.29, 1.82) is 0 Å². The third-order valence-corrected chi connectivity index (χ3v) is 3.44. The van der Waals surface area contributed by atoms with Crippen LogP contribution in [-0.2, 0) is 9.53 Å². The monoisotopic (exact) mass is 294 g/mol. The molecule has 2 aliphatic heterocycles. The molecule has 1 aromatic carbocycles. The fourth-order valence-electron chi connectivity index (χ4n) is 2.34. The zero-order valence-electron chi connectivity index (χ0n) is 11.9. The van der Waals surface area contributed by atoms with Crippen molar-refractivity contribution >= 4 is 11.6 Å². The summed E-state index contributed by atoms with van der Waals surface area (Å²) in [5.41, 5.74) is 0.583. The highest BCUT2D eigenvalue weighted by Crippen LogP contribution is 2.40. The number of amides is 1. The minimum absolute atomic E-state index is 0.0888. The van der Waals surface area contributed by atoms with Gasteiger partial charge in [-0.2, -0.15) is 0 Å². The van der Waals surface area contributed by atoms with Crippen molar-refractivity contribution in [3.05, 3.63) is 12.1 Å². The van der Waals surface area contributed by atoms with E-state index in [1.807, 2.05) is 0 Å². The number of rotatable bonds is 4. The molecule has 114 valence electrons. The minimum atomic E-state index is -0.0888. The van der Waals surface area contributed by atoms with Crippen LogP contribution in [-0.4, -0.2) is 57.6 Å². The summed E-state index contributed by atoms with van der Waals surface area (Å²) in [4.78, 5) is 14.2. The molecule has 3 rings (SSSR count). The van der Waals surface area contributed by atoms with Gasteiger partial charge in [0.25, 0.3) is 0 Å². The van der Waals surface area contributed by atoms with Gasteiger partial charge in [0.15, 0.2) is 11.5 Å². The Hall–Kier alpha value is -1.99. The second kappa shape index (κ2) is 6.19. The first-order chi connectivity index (χ1) is 10.3. The topological polar surface area (TPSA) is 69.3 Å². The fraction of sp³-hybridized carbons (Fsp3) is 0.500. The number of hydrogen-bond acceptors (Lipinski definition) is 6. The van der Waals surface area contributed by atoms with E-state index < -0.39 is 0 Å². The molecule has 1 N–H and O–H groups in total. The Morgan fingerprint density at radius 2 is 2.00 bits per heavy atom. The molecule has 2 aliphatic rings. The summed E-state index contributed by atoms with van der Waals surface area (Å²) < 4.78 is 21.1. The lowest BCUT2D eigenvalue weighted by Crippen LogP contribution is -2.41. The van der Waals surface area contributed by atoms with Crippen molar-refractivity contribution in [3.8, 4) is 17.2 Å². The Kier molecular flexibility index (Phi) is 4.12.